The molecule has 0 spiro atoms. The molecule has 1 aliphatic heterocycles. The van der Waals surface area contributed by atoms with Gasteiger partial charge in [-0.05, 0) is 38.8 Å². The van der Waals surface area contributed by atoms with Crippen LogP contribution in [0.25, 0.3) is 5.65 Å². The highest BCUT2D eigenvalue weighted by molar-refractivity contribution is 5.44. The van der Waals surface area contributed by atoms with E-state index >= 15 is 0 Å². The van der Waals surface area contributed by atoms with Crippen LogP contribution in [0.3, 0.4) is 0 Å². The highest BCUT2D eigenvalue weighted by Crippen LogP contribution is 2.16. The maximum Gasteiger partial charge on any atom is 0.178 e. The Kier molecular flexibility index (Phi) is 3.88. The molecule has 0 amide bonds. The van der Waals surface area contributed by atoms with Crippen molar-refractivity contribution in [2.24, 2.45) is 0 Å². The number of nitrogens with one attached hydrogen (secondary N) is 1. The minimum Gasteiger partial charge on any atom is -0.366 e. The van der Waals surface area contributed by atoms with Crippen LogP contribution in [0.1, 0.15) is 25.6 Å². The van der Waals surface area contributed by atoms with Crippen LogP contribution >= 0.6 is 0 Å². The molecule has 21 heavy (non-hydrogen) atoms. The van der Waals surface area contributed by atoms with E-state index in [9.17, 15) is 0 Å². The van der Waals surface area contributed by atoms with Crippen LogP contribution in [0.15, 0.2) is 24.3 Å². The molecule has 2 aromatic heterocycles. The number of likely N-dealkylation sites (tertiary alicyclic amines) is 1. The van der Waals surface area contributed by atoms with E-state index in [0.29, 0.717) is 6.04 Å². The van der Waals surface area contributed by atoms with Gasteiger partial charge in [-0.1, -0.05) is 12.2 Å². The van der Waals surface area contributed by atoms with E-state index in [1.165, 1.54) is 5.57 Å². The maximum atomic E-state index is 4.55. The Morgan fingerprint density at radius 1 is 1.33 bits per heavy atom. The summed E-state index contributed by atoms with van der Waals surface area (Å²) in [6.07, 6.45) is 2.27. The van der Waals surface area contributed by atoms with Gasteiger partial charge in [0.1, 0.15) is 5.82 Å². The third-order valence-corrected chi connectivity index (χ3v) is 3.85. The summed E-state index contributed by atoms with van der Waals surface area (Å²) in [5, 5.41) is 16.2. The van der Waals surface area contributed by atoms with Gasteiger partial charge < -0.3 is 5.32 Å². The number of piperidine rings is 1. The van der Waals surface area contributed by atoms with E-state index in [2.05, 4.69) is 39.0 Å². The zero-order valence-electron chi connectivity index (χ0n) is 12.7. The lowest BCUT2D eigenvalue weighted by Gasteiger charge is -2.32. The minimum absolute atomic E-state index is 0.480. The van der Waals surface area contributed by atoms with Crippen molar-refractivity contribution in [3.63, 3.8) is 0 Å². The molecule has 3 rings (SSSR count). The van der Waals surface area contributed by atoms with Gasteiger partial charge in [-0.15, -0.1) is 15.3 Å². The van der Waals surface area contributed by atoms with Crippen LogP contribution in [0, 0.1) is 6.92 Å². The Balaban J connectivity index is 1.61. The van der Waals surface area contributed by atoms with E-state index < -0.39 is 0 Å². The number of rotatable bonds is 4. The molecule has 112 valence electrons. The molecule has 6 heteroatoms. The first-order valence-corrected chi connectivity index (χ1v) is 7.44. The van der Waals surface area contributed by atoms with Gasteiger partial charge in [0.15, 0.2) is 11.5 Å². The Morgan fingerprint density at radius 3 is 2.81 bits per heavy atom. The lowest BCUT2D eigenvalue weighted by atomic mass is 10.0. The van der Waals surface area contributed by atoms with Crippen LogP contribution in [-0.2, 0) is 0 Å². The number of nitrogens with zero attached hydrogens (tertiary/aromatic N) is 5. The summed E-state index contributed by atoms with van der Waals surface area (Å²) in [7, 11) is 0. The second-order valence-electron chi connectivity index (χ2n) is 5.89. The highest BCUT2D eigenvalue weighted by atomic mass is 15.4. The molecule has 1 N–H and O–H groups in total. The zero-order chi connectivity index (χ0) is 14.8. The Hall–Kier alpha value is -1.95. The van der Waals surface area contributed by atoms with E-state index in [4.69, 9.17) is 0 Å². The normalized spacial score (nSPS) is 17.2. The number of aromatic nitrogens is 4. The van der Waals surface area contributed by atoms with Crippen molar-refractivity contribution in [3.05, 3.63) is 30.1 Å². The van der Waals surface area contributed by atoms with E-state index in [1.807, 2.05) is 19.1 Å². The fraction of sp³-hybridized carbons (Fsp3) is 0.533. The van der Waals surface area contributed by atoms with Crippen molar-refractivity contribution < 1.29 is 0 Å². The number of anilines is 1. The first-order valence-electron chi connectivity index (χ1n) is 7.44. The monoisotopic (exact) mass is 286 g/mol. The third-order valence-electron chi connectivity index (χ3n) is 3.85. The van der Waals surface area contributed by atoms with Gasteiger partial charge in [0.05, 0.1) is 0 Å². The molecule has 2 aromatic rings. The van der Waals surface area contributed by atoms with Crippen LogP contribution in [0.4, 0.5) is 5.82 Å². The predicted octanol–water partition coefficient (Wildman–Crippen LogP) is 1.89. The van der Waals surface area contributed by atoms with Crippen LogP contribution in [0.2, 0.25) is 0 Å². The summed E-state index contributed by atoms with van der Waals surface area (Å²) in [6, 6.07) is 4.41. The summed E-state index contributed by atoms with van der Waals surface area (Å²) in [4.78, 5) is 2.46. The van der Waals surface area contributed by atoms with E-state index in [1.54, 1.807) is 4.52 Å². The summed E-state index contributed by atoms with van der Waals surface area (Å²) in [6.45, 7) is 11.2. The van der Waals surface area contributed by atoms with Gasteiger partial charge in [0, 0.05) is 25.7 Å². The molecule has 0 aliphatic carbocycles. The molecule has 6 nitrogen and oxygen atoms in total. The third kappa shape index (κ3) is 3.21. The maximum absolute atomic E-state index is 4.55. The fourth-order valence-electron chi connectivity index (χ4n) is 2.80. The minimum atomic E-state index is 0.480. The van der Waals surface area contributed by atoms with Crippen LogP contribution in [0.5, 0.6) is 0 Å². The average Bonchev–Trinajstić information content (AvgIpc) is 2.82. The van der Waals surface area contributed by atoms with Crippen molar-refractivity contribution in [1.82, 2.24) is 24.7 Å². The molecule has 1 saturated heterocycles. The van der Waals surface area contributed by atoms with Gasteiger partial charge in [0.2, 0.25) is 0 Å². The molecule has 0 radical (unpaired) electrons. The van der Waals surface area contributed by atoms with Crippen molar-refractivity contribution in [1.29, 1.82) is 0 Å². The van der Waals surface area contributed by atoms with Crippen LogP contribution in [-0.4, -0.2) is 50.4 Å². The topological polar surface area (TPSA) is 58.3 Å². The first kappa shape index (κ1) is 14.0. The van der Waals surface area contributed by atoms with E-state index in [0.717, 1.165) is 49.8 Å². The standard InChI is InChI=1S/C15H22N6/c1-11(2)10-20-8-6-13(7-9-20)16-14-4-5-15-18-17-12(3)21(15)19-14/h4-5,13H,1,6-10H2,2-3H3,(H,16,19). The first-order chi connectivity index (χ1) is 10.1. The van der Waals surface area contributed by atoms with Crippen molar-refractivity contribution in [2.75, 3.05) is 25.0 Å². The summed E-state index contributed by atoms with van der Waals surface area (Å²) >= 11 is 0. The quantitative estimate of drug-likeness (QED) is 0.870. The van der Waals surface area contributed by atoms with Gasteiger partial charge in [-0.3, -0.25) is 4.90 Å². The molecule has 1 fully saturated rings. The Labute approximate surface area is 124 Å². The van der Waals surface area contributed by atoms with Gasteiger partial charge in [-0.2, -0.15) is 4.52 Å². The predicted molar refractivity (Wildman–Crippen MR) is 83.4 cm³/mol. The molecular weight excluding hydrogens is 264 g/mol. The summed E-state index contributed by atoms with van der Waals surface area (Å²) in [5.41, 5.74) is 2.02. The smallest absolute Gasteiger partial charge is 0.178 e. The largest absolute Gasteiger partial charge is 0.366 e. The van der Waals surface area contributed by atoms with Crippen molar-refractivity contribution in [2.45, 2.75) is 32.7 Å². The summed E-state index contributed by atoms with van der Waals surface area (Å²) < 4.78 is 1.78. The van der Waals surface area contributed by atoms with E-state index in [-0.39, 0.29) is 0 Å². The molecule has 0 saturated carbocycles. The molecule has 0 atom stereocenters. The van der Waals surface area contributed by atoms with Crippen molar-refractivity contribution >= 4 is 11.5 Å². The summed E-state index contributed by atoms with van der Waals surface area (Å²) in [5.74, 6) is 1.70. The molecule has 3 heterocycles. The lowest BCUT2D eigenvalue weighted by molar-refractivity contribution is 0.235. The molecule has 0 aromatic carbocycles. The number of aryl methyl sites for hydroxylation is 1. The van der Waals surface area contributed by atoms with Gasteiger partial charge in [-0.25, -0.2) is 0 Å². The Morgan fingerprint density at radius 2 is 2.10 bits per heavy atom. The fourth-order valence-corrected chi connectivity index (χ4v) is 2.80. The number of hydrogen-bond acceptors (Lipinski definition) is 5. The van der Waals surface area contributed by atoms with Gasteiger partial charge in [0.25, 0.3) is 0 Å². The molecule has 1 aliphatic rings. The highest BCUT2D eigenvalue weighted by Gasteiger charge is 2.19. The number of hydrogen-bond donors (Lipinski definition) is 1. The van der Waals surface area contributed by atoms with Gasteiger partial charge >= 0.3 is 0 Å². The molecule has 0 unspecified atom stereocenters. The van der Waals surface area contributed by atoms with Crippen molar-refractivity contribution in [3.8, 4) is 0 Å². The zero-order valence-corrected chi connectivity index (χ0v) is 12.7. The number of fused-ring (bicyclic) bond motifs is 1. The molecular formula is C15H22N6. The second-order valence-corrected chi connectivity index (χ2v) is 5.89. The second kappa shape index (κ2) is 5.81. The lowest BCUT2D eigenvalue weighted by Crippen LogP contribution is -2.39. The average molecular weight is 286 g/mol. The Bertz CT molecular complexity index is 639. The SMILES string of the molecule is C=C(C)CN1CCC(Nc2ccc3nnc(C)n3n2)CC1. The van der Waals surface area contributed by atoms with Crippen LogP contribution < -0.4 is 5.32 Å². The molecule has 0 bridgehead atoms.